The summed E-state index contributed by atoms with van der Waals surface area (Å²) in [5.41, 5.74) is -1.41. The van der Waals surface area contributed by atoms with Gasteiger partial charge in [-0.2, -0.15) is 0 Å². The van der Waals surface area contributed by atoms with E-state index in [1.165, 1.54) is 19.4 Å². The molecule has 0 aliphatic carbocycles. The highest BCUT2D eigenvalue weighted by atomic mass is 16.2. The molecule has 1 rings (SSSR count). The van der Waals surface area contributed by atoms with Gasteiger partial charge in [0.25, 0.3) is 0 Å². The molecular weight excluding hydrogens is 210 g/mol. The van der Waals surface area contributed by atoms with Gasteiger partial charge in [-0.1, -0.05) is 5.92 Å². The molecule has 84 valence electrons. The molecule has 1 aromatic rings. The fourth-order valence-electron chi connectivity index (χ4n) is 1.07. The quantitative estimate of drug-likeness (QED) is 0.488. The van der Waals surface area contributed by atoms with Crippen molar-refractivity contribution in [3.8, 4) is 12.3 Å². The number of aryl methyl sites for hydroxylation is 1. The summed E-state index contributed by atoms with van der Waals surface area (Å²) in [6.07, 6.45) is 7.75. The maximum Gasteiger partial charge on any atom is 0.316 e. The summed E-state index contributed by atoms with van der Waals surface area (Å²) in [5, 5.41) is 2.40. The highest BCUT2D eigenvalue weighted by Crippen LogP contribution is 1.79. The second-order valence-electron chi connectivity index (χ2n) is 3.13. The van der Waals surface area contributed by atoms with Crippen LogP contribution >= 0.6 is 0 Å². The Morgan fingerprint density at radius 3 is 2.75 bits per heavy atom. The Morgan fingerprint density at radius 1 is 1.44 bits per heavy atom. The number of nitrogens with zero attached hydrogens (tertiary/aromatic N) is 2. The minimum absolute atomic E-state index is 0.0957. The van der Waals surface area contributed by atoms with Gasteiger partial charge in [-0.25, -0.2) is 0 Å². The van der Waals surface area contributed by atoms with E-state index in [4.69, 9.17) is 6.42 Å². The summed E-state index contributed by atoms with van der Waals surface area (Å²) in [6, 6.07) is 0. The third-order valence-electron chi connectivity index (χ3n) is 1.94. The molecule has 0 spiro atoms. The van der Waals surface area contributed by atoms with Crippen LogP contribution in [0.15, 0.2) is 22.0 Å². The highest BCUT2D eigenvalue weighted by Gasteiger charge is 2.06. The Balaban J connectivity index is 2.88. The summed E-state index contributed by atoms with van der Waals surface area (Å²) in [7, 11) is 1.46. The maximum absolute atomic E-state index is 11.4. The molecule has 1 N–H and O–H groups in total. The molecular formula is C10H11N3O3. The van der Waals surface area contributed by atoms with Gasteiger partial charge in [0.2, 0.25) is 5.91 Å². The van der Waals surface area contributed by atoms with E-state index in [-0.39, 0.29) is 13.1 Å². The van der Waals surface area contributed by atoms with Crippen molar-refractivity contribution in [3.05, 3.63) is 33.1 Å². The van der Waals surface area contributed by atoms with Gasteiger partial charge in [-0.3, -0.25) is 19.0 Å². The van der Waals surface area contributed by atoms with Crippen LogP contribution in [0.5, 0.6) is 0 Å². The predicted octanol–water partition coefficient (Wildman–Crippen LogP) is -1.70. The van der Waals surface area contributed by atoms with E-state index in [0.29, 0.717) is 0 Å². The van der Waals surface area contributed by atoms with Crippen molar-refractivity contribution in [1.82, 2.24) is 14.5 Å². The van der Waals surface area contributed by atoms with Crippen molar-refractivity contribution in [2.75, 3.05) is 6.54 Å². The standard InChI is InChI=1S/C10H11N3O3/c1-3-4-11-8(14)7-13-6-5-12(2)9(15)10(13)16/h1,5-6H,4,7H2,2H3,(H,11,14). The first kappa shape index (κ1) is 11.8. The average molecular weight is 221 g/mol. The van der Waals surface area contributed by atoms with Crippen LogP contribution in [-0.4, -0.2) is 21.6 Å². The first-order chi connectivity index (χ1) is 7.56. The third kappa shape index (κ3) is 2.60. The number of amides is 1. The van der Waals surface area contributed by atoms with Gasteiger partial charge < -0.3 is 9.88 Å². The van der Waals surface area contributed by atoms with E-state index < -0.39 is 17.0 Å². The van der Waals surface area contributed by atoms with Gasteiger partial charge in [-0.15, -0.1) is 6.42 Å². The number of aromatic nitrogens is 2. The fraction of sp³-hybridized carbons (Fsp3) is 0.300. The molecule has 1 heterocycles. The molecule has 0 saturated carbocycles. The Bertz CT molecular complexity index is 548. The molecule has 0 aliphatic heterocycles. The van der Waals surface area contributed by atoms with E-state index in [9.17, 15) is 14.4 Å². The van der Waals surface area contributed by atoms with Crippen molar-refractivity contribution >= 4 is 5.91 Å². The lowest BCUT2D eigenvalue weighted by Gasteiger charge is -2.05. The SMILES string of the molecule is C#CCNC(=O)Cn1ccn(C)c(=O)c1=O. The topological polar surface area (TPSA) is 73.1 Å². The van der Waals surface area contributed by atoms with Crippen molar-refractivity contribution in [2.45, 2.75) is 6.54 Å². The van der Waals surface area contributed by atoms with Crippen molar-refractivity contribution in [3.63, 3.8) is 0 Å². The monoisotopic (exact) mass is 221 g/mol. The number of rotatable bonds is 3. The van der Waals surface area contributed by atoms with Crippen molar-refractivity contribution in [1.29, 1.82) is 0 Å². The summed E-state index contributed by atoms with van der Waals surface area (Å²) in [6.45, 7) is -0.116. The Kier molecular flexibility index (Phi) is 3.67. The zero-order chi connectivity index (χ0) is 12.1. The summed E-state index contributed by atoms with van der Waals surface area (Å²) >= 11 is 0. The van der Waals surface area contributed by atoms with Crippen LogP contribution in [0.2, 0.25) is 0 Å². The lowest BCUT2D eigenvalue weighted by molar-refractivity contribution is -0.121. The summed E-state index contributed by atoms with van der Waals surface area (Å²) < 4.78 is 2.19. The van der Waals surface area contributed by atoms with Gasteiger partial charge in [0.15, 0.2) is 0 Å². The van der Waals surface area contributed by atoms with E-state index in [2.05, 4.69) is 11.2 Å². The Labute approximate surface area is 91.5 Å². The molecule has 16 heavy (non-hydrogen) atoms. The molecule has 6 heteroatoms. The number of hydrogen-bond acceptors (Lipinski definition) is 3. The van der Waals surface area contributed by atoms with Crippen LogP contribution in [-0.2, 0) is 18.4 Å². The largest absolute Gasteiger partial charge is 0.344 e. The smallest absolute Gasteiger partial charge is 0.316 e. The molecule has 0 aliphatic rings. The normalized spacial score (nSPS) is 9.50. The number of carbonyl (C=O) groups excluding carboxylic acids is 1. The number of hydrogen-bond donors (Lipinski definition) is 1. The zero-order valence-electron chi connectivity index (χ0n) is 8.77. The van der Waals surface area contributed by atoms with Crippen molar-refractivity contribution in [2.24, 2.45) is 7.05 Å². The zero-order valence-corrected chi connectivity index (χ0v) is 8.77. The lowest BCUT2D eigenvalue weighted by Crippen LogP contribution is -2.42. The Hall–Kier alpha value is -2.29. The molecule has 1 aromatic heterocycles. The van der Waals surface area contributed by atoms with Crippen LogP contribution in [0.3, 0.4) is 0 Å². The number of carbonyl (C=O) groups is 1. The molecule has 0 unspecified atom stereocenters. The molecule has 0 radical (unpaired) electrons. The predicted molar refractivity (Wildman–Crippen MR) is 57.8 cm³/mol. The van der Waals surface area contributed by atoms with E-state index in [1.807, 2.05) is 0 Å². The molecule has 6 nitrogen and oxygen atoms in total. The van der Waals surface area contributed by atoms with Crippen LogP contribution in [0, 0.1) is 12.3 Å². The maximum atomic E-state index is 11.4. The summed E-state index contributed by atoms with van der Waals surface area (Å²) in [4.78, 5) is 33.9. The Morgan fingerprint density at radius 2 is 2.12 bits per heavy atom. The second-order valence-corrected chi connectivity index (χ2v) is 3.13. The van der Waals surface area contributed by atoms with E-state index >= 15 is 0 Å². The minimum Gasteiger partial charge on any atom is -0.344 e. The van der Waals surface area contributed by atoms with Gasteiger partial charge in [-0.05, 0) is 0 Å². The number of nitrogens with one attached hydrogen (secondary N) is 1. The molecule has 0 aromatic carbocycles. The molecule has 1 amide bonds. The molecule has 0 atom stereocenters. The average Bonchev–Trinajstić information content (AvgIpc) is 2.27. The molecule has 0 bridgehead atoms. The highest BCUT2D eigenvalue weighted by molar-refractivity contribution is 5.75. The molecule has 0 fully saturated rings. The second kappa shape index (κ2) is 4.98. The van der Waals surface area contributed by atoms with Crippen molar-refractivity contribution < 1.29 is 4.79 Å². The first-order valence-electron chi connectivity index (χ1n) is 4.52. The van der Waals surface area contributed by atoms with Gasteiger partial charge >= 0.3 is 11.1 Å². The molecule has 0 saturated heterocycles. The number of terminal acetylenes is 1. The van der Waals surface area contributed by atoms with Gasteiger partial charge in [0.05, 0.1) is 6.54 Å². The van der Waals surface area contributed by atoms with E-state index in [0.717, 1.165) is 9.13 Å². The third-order valence-corrected chi connectivity index (χ3v) is 1.94. The van der Waals surface area contributed by atoms with Crippen LogP contribution in [0.1, 0.15) is 0 Å². The van der Waals surface area contributed by atoms with E-state index in [1.54, 1.807) is 0 Å². The fourth-order valence-corrected chi connectivity index (χ4v) is 1.07. The first-order valence-corrected chi connectivity index (χ1v) is 4.52. The van der Waals surface area contributed by atoms with Crippen LogP contribution in [0.25, 0.3) is 0 Å². The lowest BCUT2D eigenvalue weighted by atomic mass is 10.5. The van der Waals surface area contributed by atoms with Crippen LogP contribution < -0.4 is 16.4 Å². The minimum atomic E-state index is -0.735. The summed E-state index contributed by atoms with van der Waals surface area (Å²) in [5.74, 6) is 1.83. The van der Waals surface area contributed by atoms with Gasteiger partial charge in [0.1, 0.15) is 6.54 Å². The van der Waals surface area contributed by atoms with Gasteiger partial charge in [0, 0.05) is 19.4 Å². The van der Waals surface area contributed by atoms with Crippen LogP contribution in [0.4, 0.5) is 0 Å².